The lowest BCUT2D eigenvalue weighted by Crippen LogP contribution is -2.37. The summed E-state index contributed by atoms with van der Waals surface area (Å²) in [5.41, 5.74) is 2.59. The minimum Gasteiger partial charge on any atom is -0.452 e. The van der Waals surface area contributed by atoms with E-state index in [4.69, 9.17) is 4.42 Å². The van der Waals surface area contributed by atoms with Crippen LogP contribution in [0.4, 0.5) is 4.79 Å². The van der Waals surface area contributed by atoms with Gasteiger partial charge in [-0.05, 0) is 40.5 Å². The third-order valence-electron chi connectivity index (χ3n) is 3.28. The summed E-state index contributed by atoms with van der Waals surface area (Å²) in [6.07, 6.45) is 0. The molecule has 6 heteroatoms. The Bertz CT molecular complexity index is 628. The van der Waals surface area contributed by atoms with Crippen molar-refractivity contribution in [1.29, 1.82) is 0 Å². The molecule has 23 heavy (non-hydrogen) atoms. The van der Waals surface area contributed by atoms with E-state index in [1.807, 2.05) is 23.9 Å². The molecule has 0 saturated carbocycles. The number of nitrogens with zero attached hydrogens (tertiary/aromatic N) is 1. The van der Waals surface area contributed by atoms with Gasteiger partial charge < -0.3 is 14.6 Å². The van der Waals surface area contributed by atoms with E-state index in [-0.39, 0.29) is 6.03 Å². The number of nitrogens with one attached hydrogen (secondary N) is 1. The van der Waals surface area contributed by atoms with Crippen molar-refractivity contribution in [3.05, 3.63) is 58.0 Å². The van der Waals surface area contributed by atoms with Gasteiger partial charge in [0, 0.05) is 25.1 Å². The van der Waals surface area contributed by atoms with Crippen LogP contribution < -0.4 is 5.32 Å². The zero-order valence-corrected chi connectivity index (χ0v) is 15.7. The van der Waals surface area contributed by atoms with Crippen LogP contribution in [0.2, 0.25) is 0 Å². The zero-order chi connectivity index (χ0) is 16.7. The van der Waals surface area contributed by atoms with Gasteiger partial charge in [0.25, 0.3) is 0 Å². The van der Waals surface area contributed by atoms with E-state index in [1.165, 1.54) is 11.1 Å². The van der Waals surface area contributed by atoms with Gasteiger partial charge in [-0.3, -0.25) is 0 Å². The minimum atomic E-state index is -0.0894. The fourth-order valence-electron chi connectivity index (χ4n) is 1.98. The van der Waals surface area contributed by atoms with E-state index >= 15 is 0 Å². The molecule has 2 amide bonds. The van der Waals surface area contributed by atoms with Crippen LogP contribution in [0.15, 0.2) is 45.5 Å². The molecule has 1 aromatic carbocycles. The summed E-state index contributed by atoms with van der Waals surface area (Å²) in [6.45, 7) is 3.19. The molecule has 0 saturated heterocycles. The second-order valence-electron chi connectivity index (χ2n) is 5.33. The van der Waals surface area contributed by atoms with Crippen molar-refractivity contribution in [3.8, 4) is 0 Å². The van der Waals surface area contributed by atoms with Crippen LogP contribution in [-0.2, 0) is 12.3 Å². The SMILES string of the molecule is Cc1ccc(CSCCNC(=O)N(C)Cc2ccc(Br)o2)cc1. The third-order valence-corrected chi connectivity index (χ3v) is 4.74. The van der Waals surface area contributed by atoms with Gasteiger partial charge >= 0.3 is 6.03 Å². The first kappa shape index (κ1) is 17.9. The quantitative estimate of drug-likeness (QED) is 0.704. The molecule has 1 N–H and O–H groups in total. The van der Waals surface area contributed by atoms with Gasteiger partial charge in [-0.1, -0.05) is 29.8 Å². The molecule has 0 aliphatic heterocycles. The molecule has 1 aromatic heterocycles. The number of halogens is 1. The van der Waals surface area contributed by atoms with Crippen LogP contribution in [0.3, 0.4) is 0 Å². The monoisotopic (exact) mass is 396 g/mol. The molecule has 0 fully saturated rings. The van der Waals surface area contributed by atoms with Gasteiger partial charge in [0.05, 0.1) is 6.54 Å². The third kappa shape index (κ3) is 6.31. The molecular weight excluding hydrogens is 376 g/mol. The maximum Gasteiger partial charge on any atom is 0.317 e. The Morgan fingerprint density at radius 3 is 2.65 bits per heavy atom. The van der Waals surface area contributed by atoms with Crippen LogP contribution in [0.5, 0.6) is 0 Å². The average Bonchev–Trinajstić information content (AvgIpc) is 2.93. The van der Waals surface area contributed by atoms with E-state index in [0.29, 0.717) is 17.8 Å². The summed E-state index contributed by atoms with van der Waals surface area (Å²) in [6, 6.07) is 12.1. The lowest BCUT2D eigenvalue weighted by Gasteiger charge is -2.16. The van der Waals surface area contributed by atoms with Crippen LogP contribution >= 0.6 is 27.7 Å². The maximum absolute atomic E-state index is 12.0. The molecule has 4 nitrogen and oxygen atoms in total. The van der Waals surface area contributed by atoms with E-state index in [2.05, 4.69) is 52.4 Å². The van der Waals surface area contributed by atoms with Gasteiger partial charge in [-0.2, -0.15) is 11.8 Å². The Balaban J connectivity index is 1.61. The highest BCUT2D eigenvalue weighted by Gasteiger charge is 2.10. The molecule has 124 valence electrons. The van der Waals surface area contributed by atoms with E-state index < -0.39 is 0 Å². The Kier molecular flexibility index (Phi) is 7.05. The van der Waals surface area contributed by atoms with Gasteiger partial charge in [-0.25, -0.2) is 4.79 Å². The number of urea groups is 1. The summed E-state index contributed by atoms with van der Waals surface area (Å²) in [7, 11) is 1.76. The summed E-state index contributed by atoms with van der Waals surface area (Å²) in [4.78, 5) is 13.6. The van der Waals surface area contributed by atoms with E-state index in [1.54, 1.807) is 11.9 Å². The lowest BCUT2D eigenvalue weighted by molar-refractivity contribution is 0.203. The molecule has 0 radical (unpaired) electrons. The topological polar surface area (TPSA) is 45.5 Å². The number of carbonyl (C=O) groups excluding carboxylic acids is 1. The number of aryl methyl sites for hydroxylation is 1. The zero-order valence-electron chi connectivity index (χ0n) is 13.3. The summed E-state index contributed by atoms with van der Waals surface area (Å²) >= 11 is 5.07. The summed E-state index contributed by atoms with van der Waals surface area (Å²) < 4.78 is 6.07. The van der Waals surface area contributed by atoms with E-state index in [0.717, 1.165) is 17.3 Å². The molecule has 1 heterocycles. The second-order valence-corrected chi connectivity index (χ2v) is 7.22. The number of benzene rings is 1. The Labute approximate surface area is 149 Å². The lowest BCUT2D eigenvalue weighted by atomic mass is 10.2. The smallest absolute Gasteiger partial charge is 0.317 e. The number of hydrogen-bond acceptors (Lipinski definition) is 3. The standard InChI is InChI=1S/C17H21BrN2O2S/c1-13-3-5-14(6-4-13)12-23-10-9-19-17(21)20(2)11-15-7-8-16(18)22-15/h3-8H,9-12H2,1-2H3,(H,19,21). The van der Waals surface area contributed by atoms with Gasteiger partial charge in [0.1, 0.15) is 5.76 Å². The number of hydrogen-bond donors (Lipinski definition) is 1. The van der Waals surface area contributed by atoms with Crippen molar-refractivity contribution in [2.45, 2.75) is 19.2 Å². The van der Waals surface area contributed by atoms with Gasteiger partial charge in [0.2, 0.25) is 0 Å². The fraction of sp³-hybridized carbons (Fsp3) is 0.353. The molecule has 0 spiro atoms. The molecule has 0 aliphatic carbocycles. The number of furan rings is 1. The summed E-state index contributed by atoms with van der Waals surface area (Å²) in [5, 5.41) is 2.92. The highest BCUT2D eigenvalue weighted by molar-refractivity contribution is 9.10. The molecule has 0 aliphatic rings. The van der Waals surface area contributed by atoms with Crippen molar-refractivity contribution in [1.82, 2.24) is 10.2 Å². The fourth-order valence-corrected chi connectivity index (χ4v) is 3.14. The molecule has 0 bridgehead atoms. The Morgan fingerprint density at radius 1 is 1.26 bits per heavy atom. The number of amides is 2. The average molecular weight is 397 g/mol. The van der Waals surface area contributed by atoms with Crippen molar-refractivity contribution < 1.29 is 9.21 Å². The van der Waals surface area contributed by atoms with Crippen LogP contribution in [0.25, 0.3) is 0 Å². The van der Waals surface area contributed by atoms with E-state index in [9.17, 15) is 4.79 Å². The Hall–Kier alpha value is -1.40. The van der Waals surface area contributed by atoms with Crippen molar-refractivity contribution in [2.75, 3.05) is 19.3 Å². The van der Waals surface area contributed by atoms with Gasteiger partial charge in [-0.15, -0.1) is 0 Å². The van der Waals surface area contributed by atoms with Crippen LogP contribution in [0, 0.1) is 6.92 Å². The number of rotatable bonds is 7. The first-order valence-electron chi connectivity index (χ1n) is 7.41. The molecular formula is C17H21BrN2O2S. The highest BCUT2D eigenvalue weighted by Crippen LogP contribution is 2.15. The first-order valence-corrected chi connectivity index (χ1v) is 9.36. The largest absolute Gasteiger partial charge is 0.452 e. The molecule has 0 atom stereocenters. The second kappa shape index (κ2) is 9.03. The highest BCUT2D eigenvalue weighted by atomic mass is 79.9. The van der Waals surface area contributed by atoms with Crippen molar-refractivity contribution in [3.63, 3.8) is 0 Å². The number of thioether (sulfide) groups is 1. The maximum atomic E-state index is 12.0. The molecule has 0 unspecified atom stereocenters. The normalized spacial score (nSPS) is 10.6. The van der Waals surface area contributed by atoms with Gasteiger partial charge in [0.15, 0.2) is 4.67 Å². The molecule has 2 aromatic rings. The van der Waals surface area contributed by atoms with Crippen LogP contribution in [-0.4, -0.2) is 30.3 Å². The minimum absolute atomic E-state index is 0.0894. The van der Waals surface area contributed by atoms with Crippen molar-refractivity contribution in [2.24, 2.45) is 0 Å². The first-order chi connectivity index (χ1) is 11.0. The predicted octanol–water partition coefficient (Wildman–Crippen LogP) is 4.43. The number of carbonyl (C=O) groups is 1. The predicted molar refractivity (Wildman–Crippen MR) is 98.6 cm³/mol. The van der Waals surface area contributed by atoms with Crippen molar-refractivity contribution >= 4 is 33.7 Å². The Morgan fingerprint density at radius 2 is 2.00 bits per heavy atom. The van der Waals surface area contributed by atoms with Crippen LogP contribution in [0.1, 0.15) is 16.9 Å². The molecule has 2 rings (SSSR count). The summed E-state index contributed by atoms with van der Waals surface area (Å²) in [5.74, 6) is 2.61.